The highest BCUT2D eigenvalue weighted by Gasteiger charge is 2.10. The summed E-state index contributed by atoms with van der Waals surface area (Å²) in [4.78, 5) is 27.5. The number of urea groups is 1. The van der Waals surface area contributed by atoms with Crippen LogP contribution in [0.1, 0.15) is 12.0 Å². The van der Waals surface area contributed by atoms with Gasteiger partial charge in [0, 0.05) is 39.4 Å². The van der Waals surface area contributed by atoms with E-state index in [2.05, 4.69) is 15.5 Å². The van der Waals surface area contributed by atoms with E-state index in [4.69, 9.17) is 4.74 Å². The van der Waals surface area contributed by atoms with Crippen molar-refractivity contribution in [3.8, 4) is 0 Å². The lowest BCUT2D eigenvalue weighted by molar-refractivity contribution is -0.127. The van der Waals surface area contributed by atoms with Crippen molar-refractivity contribution in [1.29, 1.82) is 0 Å². The van der Waals surface area contributed by atoms with Crippen molar-refractivity contribution in [3.05, 3.63) is 29.8 Å². The van der Waals surface area contributed by atoms with Gasteiger partial charge in [-0.25, -0.2) is 4.79 Å². The Morgan fingerprint density at radius 3 is 2.48 bits per heavy atom. The summed E-state index contributed by atoms with van der Waals surface area (Å²) in [7, 11) is 3.48. The zero-order valence-corrected chi connectivity index (χ0v) is 15.1. The lowest BCUT2D eigenvalue weighted by Gasteiger charge is -2.26. The number of likely N-dealkylation sites (N-methyl/N-ethyl adjacent to an activating group) is 1. The van der Waals surface area contributed by atoms with Gasteiger partial charge in [-0.1, -0.05) is 12.1 Å². The topological polar surface area (TPSA) is 73.9 Å². The molecule has 1 aromatic carbocycles. The van der Waals surface area contributed by atoms with Crippen molar-refractivity contribution in [2.24, 2.45) is 0 Å². The van der Waals surface area contributed by atoms with Crippen LogP contribution in [0, 0.1) is 0 Å². The van der Waals surface area contributed by atoms with Crippen LogP contribution in [0.5, 0.6) is 0 Å². The number of carbonyl (C=O) groups excluding carboxylic acids is 2. The quantitative estimate of drug-likeness (QED) is 0.725. The van der Waals surface area contributed by atoms with Crippen LogP contribution < -0.4 is 10.6 Å². The number of rotatable bonds is 7. The number of hydrogen-bond donors (Lipinski definition) is 2. The van der Waals surface area contributed by atoms with Crippen molar-refractivity contribution < 1.29 is 14.3 Å². The fourth-order valence-electron chi connectivity index (χ4n) is 2.54. The third kappa shape index (κ3) is 7.11. The van der Waals surface area contributed by atoms with E-state index in [0.29, 0.717) is 18.7 Å². The van der Waals surface area contributed by atoms with Crippen LogP contribution in [0.15, 0.2) is 24.3 Å². The fraction of sp³-hybridized carbons (Fsp3) is 0.556. The van der Waals surface area contributed by atoms with Gasteiger partial charge < -0.3 is 20.3 Å². The summed E-state index contributed by atoms with van der Waals surface area (Å²) < 4.78 is 5.31. The smallest absolute Gasteiger partial charge is 0.319 e. The van der Waals surface area contributed by atoms with Gasteiger partial charge in [-0.2, -0.15) is 0 Å². The van der Waals surface area contributed by atoms with Gasteiger partial charge in [0.2, 0.25) is 5.91 Å². The summed E-state index contributed by atoms with van der Waals surface area (Å²) in [5.41, 5.74) is 1.64. The minimum atomic E-state index is -0.209. The van der Waals surface area contributed by atoms with Gasteiger partial charge in [-0.3, -0.25) is 9.69 Å². The van der Waals surface area contributed by atoms with E-state index in [1.54, 1.807) is 19.0 Å². The monoisotopic (exact) mass is 348 g/mol. The second-order valence-corrected chi connectivity index (χ2v) is 6.35. The molecule has 0 atom stereocenters. The highest BCUT2D eigenvalue weighted by atomic mass is 16.5. The molecule has 0 aromatic heterocycles. The molecule has 1 saturated heterocycles. The number of hydrogen-bond acceptors (Lipinski definition) is 4. The molecule has 0 saturated carbocycles. The van der Waals surface area contributed by atoms with Crippen LogP contribution in [0.25, 0.3) is 0 Å². The van der Waals surface area contributed by atoms with Crippen LogP contribution in [0.2, 0.25) is 0 Å². The van der Waals surface area contributed by atoms with Crippen molar-refractivity contribution in [1.82, 2.24) is 15.1 Å². The van der Waals surface area contributed by atoms with E-state index in [-0.39, 0.29) is 11.9 Å². The summed E-state index contributed by atoms with van der Waals surface area (Å²) in [5.74, 6) is 0.0544. The number of carbonyl (C=O) groups is 2. The van der Waals surface area contributed by atoms with E-state index < -0.39 is 0 Å². The lowest BCUT2D eigenvalue weighted by Crippen LogP contribution is -2.38. The number of ether oxygens (including phenoxy) is 1. The molecule has 2 rings (SSSR count). The van der Waals surface area contributed by atoms with Crippen molar-refractivity contribution in [3.63, 3.8) is 0 Å². The Kier molecular flexibility index (Phi) is 7.69. The van der Waals surface area contributed by atoms with Crippen molar-refractivity contribution in [2.75, 3.05) is 58.8 Å². The molecule has 0 aliphatic carbocycles. The molecule has 0 spiro atoms. The first-order valence-electron chi connectivity index (χ1n) is 8.68. The molecule has 2 N–H and O–H groups in total. The second-order valence-electron chi connectivity index (χ2n) is 6.35. The van der Waals surface area contributed by atoms with E-state index in [1.807, 2.05) is 24.3 Å². The molecular weight excluding hydrogens is 320 g/mol. The number of morpholine rings is 1. The molecular formula is C18H28N4O3. The Morgan fingerprint density at radius 2 is 1.84 bits per heavy atom. The standard InChI is InChI=1S/C18H28N4O3/c1-21(2)17(23)14-15-4-6-16(7-5-15)20-18(24)19-8-3-9-22-10-12-25-13-11-22/h4-7H,3,8-14H2,1-2H3,(H2,19,20,24). The summed E-state index contributed by atoms with van der Waals surface area (Å²) in [6.45, 7) is 5.13. The van der Waals surface area contributed by atoms with E-state index >= 15 is 0 Å². The first-order chi connectivity index (χ1) is 12.0. The number of amides is 3. The number of anilines is 1. The van der Waals surface area contributed by atoms with E-state index in [0.717, 1.165) is 44.8 Å². The molecule has 7 nitrogen and oxygen atoms in total. The highest BCUT2D eigenvalue weighted by molar-refractivity contribution is 5.89. The summed E-state index contributed by atoms with van der Waals surface area (Å²) in [6.07, 6.45) is 1.28. The summed E-state index contributed by atoms with van der Waals surface area (Å²) in [5, 5.41) is 5.67. The van der Waals surface area contributed by atoms with Crippen LogP contribution in [0.3, 0.4) is 0 Å². The van der Waals surface area contributed by atoms with Gasteiger partial charge in [-0.15, -0.1) is 0 Å². The minimum Gasteiger partial charge on any atom is -0.379 e. The van der Waals surface area contributed by atoms with Gasteiger partial charge in [0.05, 0.1) is 19.6 Å². The Balaban J connectivity index is 1.65. The number of nitrogens with one attached hydrogen (secondary N) is 2. The SMILES string of the molecule is CN(C)C(=O)Cc1ccc(NC(=O)NCCCN2CCOCC2)cc1. The molecule has 1 aliphatic heterocycles. The molecule has 0 bridgehead atoms. The molecule has 1 heterocycles. The zero-order chi connectivity index (χ0) is 18.1. The first kappa shape index (κ1) is 19.2. The predicted octanol–water partition coefficient (Wildman–Crippen LogP) is 1.16. The highest BCUT2D eigenvalue weighted by Crippen LogP contribution is 2.10. The Bertz CT molecular complexity index is 554. The average molecular weight is 348 g/mol. The van der Waals surface area contributed by atoms with Crippen molar-refractivity contribution >= 4 is 17.6 Å². The first-order valence-corrected chi connectivity index (χ1v) is 8.68. The molecule has 138 valence electrons. The van der Waals surface area contributed by atoms with Gasteiger partial charge in [0.1, 0.15) is 0 Å². The summed E-state index contributed by atoms with van der Waals surface area (Å²) >= 11 is 0. The van der Waals surface area contributed by atoms with Crippen LogP contribution in [0.4, 0.5) is 10.5 Å². The maximum Gasteiger partial charge on any atom is 0.319 e. The molecule has 25 heavy (non-hydrogen) atoms. The largest absolute Gasteiger partial charge is 0.379 e. The molecule has 1 fully saturated rings. The Labute approximate surface area is 149 Å². The second kappa shape index (κ2) is 10.0. The van der Waals surface area contributed by atoms with Crippen LogP contribution in [-0.4, -0.2) is 75.2 Å². The molecule has 1 aliphatic rings. The molecule has 3 amide bonds. The normalized spacial score (nSPS) is 14.8. The molecule has 1 aromatic rings. The summed E-state index contributed by atoms with van der Waals surface area (Å²) in [6, 6.07) is 7.13. The predicted molar refractivity (Wildman–Crippen MR) is 97.7 cm³/mol. The van der Waals surface area contributed by atoms with E-state index in [1.165, 1.54) is 0 Å². The van der Waals surface area contributed by atoms with Gasteiger partial charge in [0.25, 0.3) is 0 Å². The average Bonchev–Trinajstić information content (AvgIpc) is 2.61. The zero-order valence-electron chi connectivity index (χ0n) is 15.1. The number of nitrogens with zero attached hydrogens (tertiary/aromatic N) is 2. The third-order valence-corrected chi connectivity index (χ3v) is 4.11. The minimum absolute atomic E-state index is 0.0544. The van der Waals surface area contributed by atoms with Crippen LogP contribution >= 0.6 is 0 Å². The fourth-order valence-corrected chi connectivity index (χ4v) is 2.54. The molecule has 0 radical (unpaired) electrons. The van der Waals surface area contributed by atoms with Crippen LogP contribution in [-0.2, 0) is 16.0 Å². The maximum absolute atomic E-state index is 11.9. The lowest BCUT2D eigenvalue weighted by atomic mass is 10.1. The Hall–Kier alpha value is -2.12. The van der Waals surface area contributed by atoms with Crippen molar-refractivity contribution in [2.45, 2.75) is 12.8 Å². The maximum atomic E-state index is 11.9. The molecule has 7 heteroatoms. The third-order valence-electron chi connectivity index (χ3n) is 4.11. The van der Waals surface area contributed by atoms with Gasteiger partial charge in [0.15, 0.2) is 0 Å². The number of benzene rings is 1. The van der Waals surface area contributed by atoms with Gasteiger partial charge >= 0.3 is 6.03 Å². The molecule has 0 unspecified atom stereocenters. The van der Waals surface area contributed by atoms with Gasteiger partial charge in [-0.05, 0) is 30.7 Å². The van der Waals surface area contributed by atoms with E-state index in [9.17, 15) is 9.59 Å². The Morgan fingerprint density at radius 1 is 1.16 bits per heavy atom.